The van der Waals surface area contributed by atoms with Gasteiger partial charge in [-0.2, -0.15) is 0 Å². The molecule has 0 aliphatic carbocycles. The molecule has 0 fully saturated rings. The van der Waals surface area contributed by atoms with Crippen LogP contribution in [-0.4, -0.2) is 0 Å². The summed E-state index contributed by atoms with van der Waals surface area (Å²) in [6.45, 7) is 7.27. The second-order valence-electron chi connectivity index (χ2n) is 4.89. The van der Waals surface area contributed by atoms with Gasteiger partial charge in [0.1, 0.15) is 0 Å². The predicted molar refractivity (Wildman–Crippen MR) is 84.1 cm³/mol. The van der Waals surface area contributed by atoms with Crippen molar-refractivity contribution in [2.24, 2.45) is 0 Å². The fourth-order valence-corrected chi connectivity index (χ4v) is 2.54. The van der Waals surface area contributed by atoms with E-state index in [1.807, 2.05) is 12.1 Å². The molecule has 0 bridgehead atoms. The van der Waals surface area contributed by atoms with Gasteiger partial charge in [-0.15, -0.1) is 0 Å². The summed E-state index contributed by atoms with van der Waals surface area (Å²) >= 11 is 5.99. The highest BCUT2D eigenvalue weighted by Crippen LogP contribution is 2.23. The zero-order valence-electron chi connectivity index (χ0n) is 11.8. The Balaban J connectivity index is 2.19. The minimum Gasteiger partial charge on any atom is -0.381 e. The molecule has 2 heteroatoms. The van der Waals surface area contributed by atoms with Crippen LogP contribution in [0.25, 0.3) is 0 Å². The summed E-state index contributed by atoms with van der Waals surface area (Å²) in [6.07, 6.45) is 1.05. The van der Waals surface area contributed by atoms with Crippen LogP contribution in [0.1, 0.15) is 29.2 Å². The number of anilines is 1. The maximum Gasteiger partial charge on any atom is 0.0408 e. The van der Waals surface area contributed by atoms with Crippen molar-refractivity contribution in [3.8, 4) is 0 Å². The predicted octanol–water partition coefficient (Wildman–Crippen LogP) is 5.13. The van der Waals surface area contributed by atoms with Crippen molar-refractivity contribution in [3.05, 3.63) is 63.7 Å². The Bertz CT molecular complexity index is 575. The van der Waals surface area contributed by atoms with E-state index in [4.69, 9.17) is 11.6 Å². The van der Waals surface area contributed by atoms with E-state index in [-0.39, 0.29) is 0 Å². The molecule has 19 heavy (non-hydrogen) atoms. The number of halogens is 1. The Morgan fingerprint density at radius 1 is 1.00 bits per heavy atom. The van der Waals surface area contributed by atoms with Crippen LogP contribution in [-0.2, 0) is 13.0 Å². The van der Waals surface area contributed by atoms with E-state index in [9.17, 15) is 0 Å². The van der Waals surface area contributed by atoms with Gasteiger partial charge in [-0.05, 0) is 54.7 Å². The van der Waals surface area contributed by atoms with Gasteiger partial charge < -0.3 is 5.32 Å². The van der Waals surface area contributed by atoms with Crippen LogP contribution in [0.15, 0.2) is 36.4 Å². The van der Waals surface area contributed by atoms with Gasteiger partial charge in [0.05, 0.1) is 0 Å². The molecule has 0 aliphatic heterocycles. The van der Waals surface area contributed by atoms with E-state index >= 15 is 0 Å². The van der Waals surface area contributed by atoms with Gasteiger partial charge in [-0.25, -0.2) is 0 Å². The lowest BCUT2D eigenvalue weighted by molar-refractivity contribution is 1.07. The molecule has 0 spiro atoms. The van der Waals surface area contributed by atoms with Crippen molar-refractivity contribution in [3.63, 3.8) is 0 Å². The van der Waals surface area contributed by atoms with Crippen LogP contribution in [0, 0.1) is 13.8 Å². The lowest BCUT2D eigenvalue weighted by Crippen LogP contribution is -2.05. The molecule has 0 atom stereocenters. The third-order valence-electron chi connectivity index (χ3n) is 3.50. The van der Waals surface area contributed by atoms with E-state index in [1.54, 1.807) is 0 Å². The fraction of sp³-hybridized carbons (Fsp3) is 0.294. The third kappa shape index (κ3) is 3.30. The fourth-order valence-electron chi connectivity index (χ4n) is 2.32. The van der Waals surface area contributed by atoms with Crippen molar-refractivity contribution < 1.29 is 0 Å². The topological polar surface area (TPSA) is 12.0 Å². The van der Waals surface area contributed by atoms with E-state index in [0.29, 0.717) is 0 Å². The molecule has 0 amide bonds. The average molecular weight is 274 g/mol. The molecule has 0 saturated heterocycles. The first kappa shape index (κ1) is 14.0. The number of para-hydroxylation sites is 1. The number of nitrogens with one attached hydrogen (secondary N) is 1. The van der Waals surface area contributed by atoms with E-state index in [0.717, 1.165) is 18.0 Å². The van der Waals surface area contributed by atoms with Crippen molar-refractivity contribution >= 4 is 17.3 Å². The monoisotopic (exact) mass is 273 g/mol. The highest BCUT2D eigenvalue weighted by atomic mass is 35.5. The van der Waals surface area contributed by atoms with Crippen LogP contribution < -0.4 is 5.32 Å². The molecule has 2 aromatic carbocycles. The van der Waals surface area contributed by atoms with Gasteiger partial charge in [0, 0.05) is 17.3 Å². The molecular formula is C17H20ClN. The zero-order valence-corrected chi connectivity index (χ0v) is 12.5. The van der Waals surface area contributed by atoms with Crippen LogP contribution in [0.2, 0.25) is 5.02 Å². The second kappa shape index (κ2) is 6.12. The minimum absolute atomic E-state index is 0.798. The molecular weight excluding hydrogens is 254 g/mol. The minimum atomic E-state index is 0.798. The van der Waals surface area contributed by atoms with Crippen molar-refractivity contribution in [1.82, 2.24) is 0 Å². The summed E-state index contributed by atoms with van der Waals surface area (Å²) in [5.74, 6) is 0. The molecule has 1 N–H and O–H groups in total. The quantitative estimate of drug-likeness (QED) is 0.814. The zero-order chi connectivity index (χ0) is 13.8. The molecule has 100 valence electrons. The van der Waals surface area contributed by atoms with E-state index in [1.165, 1.54) is 27.9 Å². The largest absolute Gasteiger partial charge is 0.381 e. The maximum atomic E-state index is 5.99. The van der Waals surface area contributed by atoms with E-state index < -0.39 is 0 Å². The van der Waals surface area contributed by atoms with Gasteiger partial charge in [-0.3, -0.25) is 0 Å². The van der Waals surface area contributed by atoms with Gasteiger partial charge in [0.25, 0.3) is 0 Å². The molecule has 0 aromatic heterocycles. The molecule has 0 radical (unpaired) electrons. The number of benzene rings is 2. The smallest absolute Gasteiger partial charge is 0.0408 e. The SMILES string of the molecule is CCc1cccc(C)c1NCc1ccc(Cl)cc1C. The highest BCUT2D eigenvalue weighted by molar-refractivity contribution is 6.30. The number of rotatable bonds is 4. The van der Waals surface area contributed by atoms with E-state index in [2.05, 4.69) is 50.4 Å². The molecule has 1 nitrogen and oxygen atoms in total. The van der Waals surface area contributed by atoms with Crippen molar-refractivity contribution in [1.29, 1.82) is 0 Å². The highest BCUT2D eigenvalue weighted by Gasteiger charge is 2.05. The van der Waals surface area contributed by atoms with Crippen molar-refractivity contribution in [2.75, 3.05) is 5.32 Å². The Hall–Kier alpha value is -1.47. The van der Waals surface area contributed by atoms with Gasteiger partial charge >= 0.3 is 0 Å². The van der Waals surface area contributed by atoms with Crippen LogP contribution in [0.3, 0.4) is 0 Å². The molecule has 0 heterocycles. The number of hydrogen-bond donors (Lipinski definition) is 1. The summed E-state index contributed by atoms with van der Waals surface area (Å²) in [5, 5.41) is 4.36. The molecule has 0 aliphatic rings. The van der Waals surface area contributed by atoms with Crippen LogP contribution in [0.5, 0.6) is 0 Å². The normalized spacial score (nSPS) is 10.5. The van der Waals surface area contributed by atoms with Crippen LogP contribution in [0.4, 0.5) is 5.69 Å². The summed E-state index contributed by atoms with van der Waals surface area (Å²) < 4.78 is 0. The van der Waals surface area contributed by atoms with Crippen molar-refractivity contribution in [2.45, 2.75) is 33.7 Å². The molecule has 2 aromatic rings. The Labute approximate surface area is 120 Å². The van der Waals surface area contributed by atoms with Gasteiger partial charge in [0.15, 0.2) is 0 Å². The first-order chi connectivity index (χ1) is 9.11. The second-order valence-corrected chi connectivity index (χ2v) is 5.32. The Morgan fingerprint density at radius 2 is 1.79 bits per heavy atom. The average Bonchev–Trinajstić information content (AvgIpc) is 2.39. The Kier molecular flexibility index (Phi) is 4.49. The van der Waals surface area contributed by atoms with Gasteiger partial charge in [0.2, 0.25) is 0 Å². The summed E-state index contributed by atoms with van der Waals surface area (Å²) in [7, 11) is 0. The number of aryl methyl sites for hydroxylation is 3. The summed E-state index contributed by atoms with van der Waals surface area (Å²) in [6, 6.07) is 12.5. The van der Waals surface area contributed by atoms with Gasteiger partial charge in [-0.1, -0.05) is 42.8 Å². The number of hydrogen-bond acceptors (Lipinski definition) is 1. The standard InChI is InChI=1S/C17H20ClN/c1-4-14-7-5-6-12(2)17(14)19-11-15-8-9-16(18)10-13(15)3/h5-10,19H,4,11H2,1-3H3. The molecule has 2 rings (SSSR count). The third-order valence-corrected chi connectivity index (χ3v) is 3.74. The first-order valence-corrected chi connectivity index (χ1v) is 7.07. The maximum absolute atomic E-state index is 5.99. The molecule has 0 saturated carbocycles. The van der Waals surface area contributed by atoms with Crippen LogP contribution >= 0.6 is 11.6 Å². The summed E-state index contributed by atoms with van der Waals surface area (Å²) in [5.41, 5.74) is 6.44. The Morgan fingerprint density at radius 3 is 2.47 bits per heavy atom. The lowest BCUT2D eigenvalue weighted by atomic mass is 10.0. The molecule has 0 unspecified atom stereocenters. The lowest BCUT2D eigenvalue weighted by Gasteiger charge is -2.15. The first-order valence-electron chi connectivity index (χ1n) is 6.69. The summed E-state index contributed by atoms with van der Waals surface area (Å²) in [4.78, 5) is 0.